The van der Waals surface area contributed by atoms with Crippen molar-refractivity contribution in [2.75, 3.05) is 36.0 Å². The van der Waals surface area contributed by atoms with Gasteiger partial charge in [-0.1, -0.05) is 54.1 Å². The van der Waals surface area contributed by atoms with Crippen molar-refractivity contribution in [2.24, 2.45) is 0 Å². The largest absolute Gasteiger partial charge is 0.545 e. The lowest BCUT2D eigenvalue weighted by Crippen LogP contribution is -2.70. The minimum atomic E-state index is -1.13. The second-order valence-electron chi connectivity index (χ2n) is 9.44. The maximum atomic E-state index is 10.1. The average Bonchev–Trinajstić information content (AvgIpc) is 3.00. The average molecular weight is 570 g/mol. The summed E-state index contributed by atoms with van der Waals surface area (Å²) in [6.45, 7) is 12.5. The Morgan fingerprint density at radius 2 is 1.22 bits per heavy atom. The van der Waals surface area contributed by atoms with E-state index in [1.165, 1.54) is 12.1 Å². The normalized spacial score (nSPS) is 10.7. The molecule has 0 aliphatic heterocycles. The van der Waals surface area contributed by atoms with E-state index in [0.717, 1.165) is 70.5 Å². The number of nitrogens with zero attached hydrogens (tertiary/aromatic N) is 2. The molecule has 5 rings (SSSR count). The monoisotopic (exact) mass is 569 g/mol. The van der Waals surface area contributed by atoms with Crippen molar-refractivity contribution in [3.05, 3.63) is 107 Å². The maximum absolute atomic E-state index is 10.1. The van der Waals surface area contributed by atoms with Crippen molar-refractivity contribution in [3.63, 3.8) is 0 Å². The lowest BCUT2D eigenvalue weighted by atomic mass is 10.1. The van der Waals surface area contributed by atoms with Gasteiger partial charge >= 0.3 is 0 Å². The number of anilines is 2. The standard InChI is InChI=1S/C27H30ClN3O.C7H6O2/c1-5-30(6-2)19-13-15-21-25(17-19)32-26-18-20(31(7-3)8-4)14-16-22(26)27(21)29-24-12-10-9-11-23(24)28;8-7(9)6-4-2-1-3-5-6/h9-18H,5-8H2,1-4H3;1-5H,(H,8,9). The van der Waals surface area contributed by atoms with Gasteiger partial charge in [0.1, 0.15) is 16.2 Å². The van der Waals surface area contributed by atoms with Crippen molar-refractivity contribution in [3.8, 4) is 0 Å². The first-order chi connectivity index (χ1) is 19.9. The zero-order chi connectivity index (χ0) is 29.4. The van der Waals surface area contributed by atoms with Crippen LogP contribution in [0.4, 0.5) is 17.1 Å². The van der Waals surface area contributed by atoms with Crippen molar-refractivity contribution in [1.29, 1.82) is 0 Å². The molecule has 0 unspecified atom stereocenters. The van der Waals surface area contributed by atoms with Crippen molar-refractivity contribution < 1.29 is 19.3 Å². The molecular weight excluding hydrogens is 534 g/mol. The van der Waals surface area contributed by atoms with Crippen LogP contribution in [0.25, 0.3) is 21.9 Å². The molecule has 0 aliphatic rings. The molecule has 1 aromatic heterocycles. The predicted octanol–water partition coefficient (Wildman–Crippen LogP) is 5.29. The van der Waals surface area contributed by atoms with E-state index in [4.69, 9.17) is 16.0 Å². The number of halogens is 1. The number of hydrogen-bond donors (Lipinski definition) is 1. The van der Waals surface area contributed by atoms with Crippen LogP contribution < -0.4 is 25.3 Å². The quantitative estimate of drug-likeness (QED) is 0.257. The highest BCUT2D eigenvalue weighted by Gasteiger charge is 2.15. The molecule has 0 spiro atoms. The molecule has 0 saturated heterocycles. The number of carbonyl (C=O) groups excluding carboxylic acids is 1. The Bertz CT molecular complexity index is 1620. The van der Waals surface area contributed by atoms with E-state index in [1.807, 2.05) is 24.3 Å². The van der Waals surface area contributed by atoms with Crippen LogP contribution in [0.2, 0.25) is 5.02 Å². The van der Waals surface area contributed by atoms with E-state index in [0.29, 0.717) is 5.02 Å². The Balaban J connectivity index is 0.000000367. The van der Waals surface area contributed by atoms with E-state index in [2.05, 4.69) is 78.9 Å². The smallest absolute Gasteiger partial charge is 0.226 e. The third kappa shape index (κ3) is 6.90. The van der Waals surface area contributed by atoms with E-state index < -0.39 is 5.97 Å². The lowest BCUT2D eigenvalue weighted by Gasteiger charge is -2.21. The molecule has 7 heteroatoms. The van der Waals surface area contributed by atoms with Gasteiger partial charge < -0.3 is 24.1 Å². The van der Waals surface area contributed by atoms with E-state index in [1.54, 1.807) is 18.2 Å². The summed E-state index contributed by atoms with van der Waals surface area (Å²) in [6.07, 6.45) is 0. The molecule has 212 valence electrons. The Labute approximate surface area is 246 Å². The minimum absolute atomic E-state index is 0.220. The molecule has 0 fully saturated rings. The van der Waals surface area contributed by atoms with Crippen LogP contribution >= 0.6 is 11.6 Å². The molecule has 6 nitrogen and oxygen atoms in total. The van der Waals surface area contributed by atoms with Crippen LogP contribution in [0.5, 0.6) is 0 Å². The second-order valence-corrected chi connectivity index (χ2v) is 9.85. The zero-order valence-corrected chi connectivity index (χ0v) is 24.7. The first-order valence-electron chi connectivity index (χ1n) is 14.0. The molecular formula is C34H36ClN3O3. The molecule has 41 heavy (non-hydrogen) atoms. The van der Waals surface area contributed by atoms with Crippen molar-refractivity contribution >= 4 is 56.6 Å². The van der Waals surface area contributed by atoms with Gasteiger partial charge in [-0.25, -0.2) is 4.99 Å². The van der Waals surface area contributed by atoms with Gasteiger partial charge in [-0.05, 0) is 63.6 Å². The molecule has 0 saturated carbocycles. The Hall–Kier alpha value is -4.29. The number of fused-ring (bicyclic) bond motifs is 2. The number of carbonyl (C=O) groups is 1. The van der Waals surface area contributed by atoms with Gasteiger partial charge in [0.2, 0.25) is 11.0 Å². The van der Waals surface area contributed by atoms with Crippen LogP contribution in [0.1, 0.15) is 38.1 Å². The van der Waals surface area contributed by atoms with E-state index in [9.17, 15) is 9.90 Å². The number of nitrogens with one attached hydrogen (secondary N) is 1. The number of para-hydroxylation sites is 1. The zero-order valence-electron chi connectivity index (χ0n) is 24.0. The van der Waals surface area contributed by atoms with Gasteiger partial charge in [0.15, 0.2) is 0 Å². The summed E-state index contributed by atoms with van der Waals surface area (Å²) in [5, 5.41) is 13.8. The molecule has 1 heterocycles. The number of aromatic carboxylic acids is 1. The molecule has 0 amide bonds. The number of benzene rings is 4. The van der Waals surface area contributed by atoms with Gasteiger partial charge in [0, 0.05) is 55.8 Å². The first-order valence-corrected chi connectivity index (χ1v) is 14.4. The highest BCUT2D eigenvalue weighted by molar-refractivity contribution is 6.32. The summed E-state index contributed by atoms with van der Waals surface area (Å²) < 4.78 is 6.49. The number of hydrogen-bond acceptors (Lipinski definition) is 5. The van der Waals surface area contributed by atoms with Gasteiger partial charge in [-0.3, -0.25) is 0 Å². The molecule has 5 aromatic rings. The summed E-state index contributed by atoms with van der Waals surface area (Å²) >= 11 is 6.49. The Kier molecular flexibility index (Phi) is 10.0. The van der Waals surface area contributed by atoms with Gasteiger partial charge in [-0.2, -0.15) is 0 Å². The van der Waals surface area contributed by atoms with Crippen LogP contribution in [0, 0.1) is 0 Å². The summed E-state index contributed by atoms with van der Waals surface area (Å²) in [4.78, 5) is 18.3. The second kappa shape index (κ2) is 13.9. The fourth-order valence-corrected chi connectivity index (χ4v) is 5.03. The number of carboxylic acids is 1. The lowest BCUT2D eigenvalue weighted by molar-refractivity contribution is -0.399. The number of rotatable bonds is 8. The Morgan fingerprint density at radius 1 is 0.732 bits per heavy atom. The molecule has 0 atom stereocenters. The van der Waals surface area contributed by atoms with Crippen LogP contribution in [-0.4, -0.2) is 32.1 Å². The van der Waals surface area contributed by atoms with Gasteiger partial charge in [-0.15, -0.1) is 0 Å². The molecule has 0 aliphatic carbocycles. The van der Waals surface area contributed by atoms with Crippen LogP contribution in [0.3, 0.4) is 0 Å². The van der Waals surface area contributed by atoms with Gasteiger partial charge in [0.05, 0.1) is 16.7 Å². The molecule has 0 radical (unpaired) electrons. The summed E-state index contributed by atoms with van der Waals surface area (Å²) in [7, 11) is 0. The highest BCUT2D eigenvalue weighted by Crippen LogP contribution is 2.26. The van der Waals surface area contributed by atoms with Crippen LogP contribution in [0.15, 0.2) is 95.4 Å². The van der Waals surface area contributed by atoms with Crippen LogP contribution in [-0.2, 0) is 0 Å². The molecule has 0 bridgehead atoms. The van der Waals surface area contributed by atoms with E-state index >= 15 is 0 Å². The van der Waals surface area contributed by atoms with E-state index in [-0.39, 0.29) is 5.56 Å². The fraction of sp³-hybridized carbons (Fsp3) is 0.235. The fourth-order valence-electron chi connectivity index (χ4n) is 4.84. The van der Waals surface area contributed by atoms with Crippen molar-refractivity contribution in [2.45, 2.75) is 27.7 Å². The van der Waals surface area contributed by atoms with Gasteiger partial charge in [0.25, 0.3) is 0 Å². The summed E-state index contributed by atoms with van der Waals surface area (Å²) in [6, 6.07) is 28.8. The highest BCUT2D eigenvalue weighted by atomic mass is 35.5. The summed E-state index contributed by atoms with van der Waals surface area (Å²) in [5.41, 5.74) is 5.13. The third-order valence-corrected chi connectivity index (χ3v) is 7.42. The third-order valence-electron chi connectivity index (χ3n) is 7.09. The topological polar surface area (TPSA) is 73.7 Å². The van der Waals surface area contributed by atoms with Crippen molar-refractivity contribution in [1.82, 2.24) is 0 Å². The predicted molar refractivity (Wildman–Crippen MR) is 167 cm³/mol. The number of carboxylic acid groups (broad SMARTS) is 1. The molecule has 4 aromatic carbocycles. The minimum Gasteiger partial charge on any atom is -0.545 e. The maximum Gasteiger partial charge on any atom is 0.226 e. The summed E-state index contributed by atoms with van der Waals surface area (Å²) in [5.74, 6) is -1.13. The SMILES string of the molecule is CCN(CC)c1ccc2c(=[NH+]c3ccccc3Cl)c3ccc(N(CC)CC)cc3oc2c1.O=C([O-])c1ccccc1. The first kappa shape index (κ1) is 29.7. The Morgan fingerprint density at radius 3 is 1.66 bits per heavy atom. The molecule has 1 N–H and O–H groups in total.